The van der Waals surface area contributed by atoms with Crippen LogP contribution in [0.2, 0.25) is 0 Å². The van der Waals surface area contributed by atoms with Crippen LogP contribution in [0.4, 0.5) is 0 Å². The molecule has 0 amide bonds. The van der Waals surface area contributed by atoms with Crippen LogP contribution < -0.4 is 0 Å². The lowest BCUT2D eigenvalue weighted by atomic mass is 10.2. The van der Waals surface area contributed by atoms with Crippen LogP contribution in [0.1, 0.15) is 33.1 Å². The third-order valence-electron chi connectivity index (χ3n) is 1.55. The highest BCUT2D eigenvalue weighted by Gasteiger charge is 1.99. The van der Waals surface area contributed by atoms with Crippen LogP contribution >= 0.6 is 0 Å². The van der Waals surface area contributed by atoms with Gasteiger partial charge in [-0.1, -0.05) is 23.3 Å². The molecule has 0 spiro atoms. The largest absolute Gasteiger partial charge is 0.0813 e. The van der Waals surface area contributed by atoms with E-state index in [1.807, 2.05) is 0 Å². The summed E-state index contributed by atoms with van der Waals surface area (Å²) in [6, 6.07) is 0. The summed E-state index contributed by atoms with van der Waals surface area (Å²) in [6.45, 7) is 4.30. The fourth-order valence-corrected chi connectivity index (χ4v) is 1.20. The maximum Gasteiger partial charge on any atom is -0.0279 e. The molecule has 1 aliphatic rings. The lowest BCUT2D eigenvalue weighted by Gasteiger charge is -1.91. The Kier molecular flexibility index (Phi) is 2.10. The fraction of sp³-hybridized carbons (Fsp3) is 0.556. The van der Waals surface area contributed by atoms with Crippen LogP contribution in [-0.2, 0) is 0 Å². The van der Waals surface area contributed by atoms with Crippen molar-refractivity contribution in [2.24, 2.45) is 0 Å². The van der Waals surface area contributed by atoms with Crippen LogP contribution in [0, 0.1) is 0 Å². The zero-order valence-corrected chi connectivity index (χ0v) is 6.28. The summed E-state index contributed by atoms with van der Waals surface area (Å²) in [5.74, 6) is 0. The first-order valence-corrected chi connectivity index (χ1v) is 3.63. The minimum Gasteiger partial charge on any atom is -0.0813 e. The van der Waals surface area contributed by atoms with Crippen molar-refractivity contribution in [2.45, 2.75) is 33.1 Å². The molecule has 0 fully saturated rings. The van der Waals surface area contributed by atoms with Gasteiger partial charge >= 0.3 is 0 Å². The van der Waals surface area contributed by atoms with Crippen molar-refractivity contribution in [3.05, 3.63) is 23.3 Å². The third-order valence-corrected chi connectivity index (χ3v) is 1.55. The van der Waals surface area contributed by atoms with Crippen LogP contribution in [0.25, 0.3) is 0 Å². The summed E-state index contributed by atoms with van der Waals surface area (Å²) >= 11 is 0. The van der Waals surface area contributed by atoms with Crippen LogP contribution in [0.15, 0.2) is 23.3 Å². The summed E-state index contributed by atoms with van der Waals surface area (Å²) in [5, 5.41) is 0. The minimum atomic E-state index is 1.29. The van der Waals surface area contributed by atoms with Crippen LogP contribution in [0.5, 0.6) is 0 Å². The minimum absolute atomic E-state index is 1.29. The molecule has 0 radical (unpaired) electrons. The van der Waals surface area contributed by atoms with Gasteiger partial charge in [-0.15, -0.1) is 0 Å². The quantitative estimate of drug-likeness (QED) is 0.501. The number of rotatable bonds is 1. The molecule has 0 unspecified atom stereocenters. The van der Waals surface area contributed by atoms with Gasteiger partial charge < -0.3 is 0 Å². The van der Waals surface area contributed by atoms with E-state index in [4.69, 9.17) is 0 Å². The number of hydrogen-bond donors (Lipinski definition) is 0. The Morgan fingerprint density at radius 2 is 2.33 bits per heavy atom. The van der Waals surface area contributed by atoms with E-state index in [9.17, 15) is 0 Å². The molecule has 0 saturated carbocycles. The molecule has 0 aromatic carbocycles. The topological polar surface area (TPSA) is 0 Å². The first-order chi connectivity index (χ1) is 4.29. The van der Waals surface area contributed by atoms with E-state index in [2.05, 4.69) is 26.0 Å². The summed E-state index contributed by atoms with van der Waals surface area (Å²) in [5.41, 5.74) is 2.96. The highest BCUT2D eigenvalue weighted by Crippen LogP contribution is 2.19. The van der Waals surface area contributed by atoms with Gasteiger partial charge in [0.1, 0.15) is 0 Å². The second-order valence-electron chi connectivity index (χ2n) is 2.89. The van der Waals surface area contributed by atoms with E-state index >= 15 is 0 Å². The molecule has 0 nitrogen and oxygen atoms in total. The standard InChI is InChI=1S/C9H14/c1-8(2)7-9-5-3-4-6-9/h5,7H,3-4,6H2,1-2H3. The maximum atomic E-state index is 2.34. The molecule has 0 atom stereocenters. The van der Waals surface area contributed by atoms with E-state index < -0.39 is 0 Å². The molecule has 0 heteroatoms. The molecule has 0 aromatic rings. The van der Waals surface area contributed by atoms with Gasteiger partial charge in [-0.25, -0.2) is 0 Å². The van der Waals surface area contributed by atoms with E-state index in [1.165, 1.54) is 30.4 Å². The molecule has 0 heterocycles. The van der Waals surface area contributed by atoms with Crippen molar-refractivity contribution in [1.82, 2.24) is 0 Å². The first kappa shape index (κ1) is 6.60. The smallest absolute Gasteiger partial charge is 0.0279 e. The van der Waals surface area contributed by atoms with Crippen LogP contribution in [-0.4, -0.2) is 0 Å². The molecule has 0 aliphatic heterocycles. The molecule has 0 N–H and O–H groups in total. The van der Waals surface area contributed by atoms with Gasteiger partial charge in [0.15, 0.2) is 0 Å². The lowest BCUT2D eigenvalue weighted by molar-refractivity contribution is 0.915. The zero-order valence-electron chi connectivity index (χ0n) is 6.28. The van der Waals surface area contributed by atoms with Crippen molar-refractivity contribution >= 4 is 0 Å². The van der Waals surface area contributed by atoms with Crippen molar-refractivity contribution in [2.75, 3.05) is 0 Å². The highest BCUT2D eigenvalue weighted by molar-refractivity contribution is 5.24. The van der Waals surface area contributed by atoms with E-state index in [0.29, 0.717) is 0 Å². The molecule has 50 valence electrons. The monoisotopic (exact) mass is 122 g/mol. The Labute approximate surface area is 57.3 Å². The van der Waals surface area contributed by atoms with Gasteiger partial charge in [-0.3, -0.25) is 0 Å². The molecular formula is C9H14. The normalized spacial score (nSPS) is 17.3. The van der Waals surface area contributed by atoms with Crippen molar-refractivity contribution in [3.8, 4) is 0 Å². The van der Waals surface area contributed by atoms with Gasteiger partial charge in [0, 0.05) is 0 Å². The van der Waals surface area contributed by atoms with E-state index in [1.54, 1.807) is 0 Å². The Balaban J connectivity index is 2.53. The molecule has 9 heavy (non-hydrogen) atoms. The summed E-state index contributed by atoms with van der Waals surface area (Å²) in [7, 11) is 0. The molecule has 1 rings (SSSR count). The molecule has 0 saturated heterocycles. The average molecular weight is 122 g/mol. The zero-order chi connectivity index (χ0) is 6.69. The molecule has 1 aliphatic carbocycles. The molecule has 0 bridgehead atoms. The van der Waals surface area contributed by atoms with E-state index in [0.717, 1.165) is 0 Å². The summed E-state index contributed by atoms with van der Waals surface area (Å²) in [4.78, 5) is 0. The van der Waals surface area contributed by atoms with Gasteiger partial charge in [-0.05, 0) is 33.1 Å². The average Bonchev–Trinajstić information content (AvgIpc) is 2.15. The Morgan fingerprint density at radius 1 is 1.56 bits per heavy atom. The first-order valence-electron chi connectivity index (χ1n) is 3.63. The van der Waals surface area contributed by atoms with E-state index in [-0.39, 0.29) is 0 Å². The van der Waals surface area contributed by atoms with Gasteiger partial charge in [-0.2, -0.15) is 0 Å². The summed E-state index contributed by atoms with van der Waals surface area (Å²) < 4.78 is 0. The predicted octanol–water partition coefficient (Wildman–Crippen LogP) is 3.06. The maximum absolute atomic E-state index is 2.34. The number of hydrogen-bond acceptors (Lipinski definition) is 0. The number of allylic oxidation sites excluding steroid dienone is 4. The SMILES string of the molecule is CC(C)=CC1=CCCC1. The Hall–Kier alpha value is -0.520. The van der Waals surface area contributed by atoms with Crippen molar-refractivity contribution in [3.63, 3.8) is 0 Å². The van der Waals surface area contributed by atoms with Crippen molar-refractivity contribution in [1.29, 1.82) is 0 Å². The lowest BCUT2D eigenvalue weighted by Crippen LogP contribution is -1.70. The Bertz CT molecular complexity index is 145. The second kappa shape index (κ2) is 2.86. The second-order valence-corrected chi connectivity index (χ2v) is 2.89. The Morgan fingerprint density at radius 3 is 2.78 bits per heavy atom. The molecular weight excluding hydrogens is 108 g/mol. The predicted molar refractivity (Wildman–Crippen MR) is 41.4 cm³/mol. The highest BCUT2D eigenvalue weighted by atomic mass is 14.0. The van der Waals surface area contributed by atoms with Crippen LogP contribution in [0.3, 0.4) is 0 Å². The van der Waals surface area contributed by atoms with Crippen molar-refractivity contribution < 1.29 is 0 Å². The van der Waals surface area contributed by atoms with Gasteiger partial charge in [0.25, 0.3) is 0 Å². The molecule has 0 aromatic heterocycles. The van der Waals surface area contributed by atoms with Gasteiger partial charge in [0.2, 0.25) is 0 Å². The van der Waals surface area contributed by atoms with Gasteiger partial charge in [0.05, 0.1) is 0 Å². The third kappa shape index (κ3) is 2.05. The fourth-order valence-electron chi connectivity index (χ4n) is 1.20. The summed E-state index contributed by atoms with van der Waals surface area (Å²) in [6.07, 6.45) is 8.57.